The maximum atomic E-state index is 13.0. The number of benzene rings is 2. The van der Waals surface area contributed by atoms with Crippen LogP contribution in [0.25, 0.3) is 0 Å². The van der Waals surface area contributed by atoms with Crippen LogP contribution in [0.15, 0.2) is 42.5 Å². The van der Waals surface area contributed by atoms with Gasteiger partial charge in [-0.25, -0.2) is 4.39 Å². The van der Waals surface area contributed by atoms with Gasteiger partial charge in [-0.1, -0.05) is 29.3 Å². The van der Waals surface area contributed by atoms with Gasteiger partial charge in [-0.15, -0.1) is 0 Å². The minimum absolute atomic E-state index is 0.105. The highest BCUT2D eigenvalue weighted by Crippen LogP contribution is 2.18. The summed E-state index contributed by atoms with van der Waals surface area (Å²) in [5.74, 6) is 0.281. The lowest BCUT2D eigenvalue weighted by atomic mass is 10.1. The molecule has 1 atom stereocenters. The third-order valence-electron chi connectivity index (χ3n) is 2.76. The second kappa shape index (κ2) is 6.93. The average molecular weight is 314 g/mol. The molecule has 2 rings (SSSR count). The lowest BCUT2D eigenvalue weighted by Crippen LogP contribution is -2.30. The molecule has 0 saturated carbocycles. The van der Waals surface area contributed by atoms with Crippen LogP contribution in [0, 0.1) is 5.82 Å². The molecule has 0 bridgehead atoms. The third kappa shape index (κ3) is 4.37. The minimum Gasteiger partial charge on any atom is -0.492 e. The van der Waals surface area contributed by atoms with Crippen molar-refractivity contribution in [1.29, 1.82) is 0 Å². The largest absolute Gasteiger partial charge is 0.492 e. The van der Waals surface area contributed by atoms with Crippen molar-refractivity contribution in [3.05, 3.63) is 63.9 Å². The summed E-state index contributed by atoms with van der Waals surface area (Å²) in [5.41, 5.74) is 6.86. The molecule has 1 unspecified atom stereocenters. The Kier molecular flexibility index (Phi) is 5.24. The predicted molar refractivity (Wildman–Crippen MR) is 80.0 cm³/mol. The summed E-state index contributed by atoms with van der Waals surface area (Å²) in [5, 5.41) is 0.760. The van der Waals surface area contributed by atoms with E-state index in [9.17, 15) is 4.39 Å². The summed E-state index contributed by atoms with van der Waals surface area (Å²) in [6, 6.07) is 11.5. The monoisotopic (exact) mass is 313 g/mol. The van der Waals surface area contributed by atoms with Crippen LogP contribution in [0.4, 0.5) is 4.39 Å². The van der Waals surface area contributed by atoms with Crippen molar-refractivity contribution in [1.82, 2.24) is 0 Å². The molecule has 0 amide bonds. The third-order valence-corrected chi connectivity index (χ3v) is 3.30. The molecular weight excluding hydrogens is 300 g/mol. The van der Waals surface area contributed by atoms with Gasteiger partial charge in [-0.05, 0) is 48.4 Å². The van der Waals surface area contributed by atoms with E-state index in [1.54, 1.807) is 36.4 Å². The first-order valence-electron chi connectivity index (χ1n) is 6.12. The molecule has 0 radical (unpaired) electrons. The van der Waals surface area contributed by atoms with Crippen molar-refractivity contribution in [3.63, 3.8) is 0 Å². The Morgan fingerprint density at radius 1 is 1.10 bits per heavy atom. The first-order chi connectivity index (χ1) is 9.54. The number of ether oxygens (including phenoxy) is 1. The molecule has 106 valence electrons. The van der Waals surface area contributed by atoms with Gasteiger partial charge in [0.25, 0.3) is 0 Å². The molecule has 0 saturated heterocycles. The first kappa shape index (κ1) is 15.1. The highest BCUT2D eigenvalue weighted by molar-refractivity contribution is 6.31. The second-order valence-electron chi connectivity index (χ2n) is 4.48. The molecular formula is C15H14Cl2FNO. The number of rotatable bonds is 5. The number of nitrogens with two attached hydrogens (primary N) is 1. The van der Waals surface area contributed by atoms with Gasteiger partial charge in [0.05, 0.1) is 5.02 Å². The summed E-state index contributed by atoms with van der Waals surface area (Å²) in [6.07, 6.45) is 0.563. The Balaban J connectivity index is 1.87. The molecule has 0 heterocycles. The molecule has 20 heavy (non-hydrogen) atoms. The molecule has 0 spiro atoms. The minimum atomic E-state index is -0.429. The highest BCUT2D eigenvalue weighted by atomic mass is 35.5. The van der Waals surface area contributed by atoms with E-state index in [1.165, 1.54) is 6.07 Å². The smallest absolute Gasteiger partial charge is 0.141 e. The fraction of sp³-hybridized carbons (Fsp3) is 0.200. The van der Waals surface area contributed by atoms with Crippen LogP contribution in [0.3, 0.4) is 0 Å². The van der Waals surface area contributed by atoms with Gasteiger partial charge < -0.3 is 10.5 Å². The van der Waals surface area contributed by atoms with E-state index in [1.807, 2.05) is 0 Å². The highest BCUT2D eigenvalue weighted by Gasteiger charge is 2.07. The SMILES string of the molecule is NC(COc1ccc(Cl)cc1)Cc1ccc(F)c(Cl)c1. The molecule has 5 heteroatoms. The average Bonchev–Trinajstić information content (AvgIpc) is 2.42. The predicted octanol–water partition coefficient (Wildman–Crippen LogP) is 4.08. The van der Waals surface area contributed by atoms with Crippen LogP contribution in [0.5, 0.6) is 5.75 Å². The van der Waals surface area contributed by atoms with E-state index in [0.29, 0.717) is 23.8 Å². The second-order valence-corrected chi connectivity index (χ2v) is 5.32. The zero-order valence-corrected chi connectivity index (χ0v) is 12.2. The van der Waals surface area contributed by atoms with Gasteiger partial charge in [0.1, 0.15) is 18.2 Å². The van der Waals surface area contributed by atoms with Gasteiger partial charge in [0.15, 0.2) is 0 Å². The molecule has 0 aliphatic carbocycles. The van der Waals surface area contributed by atoms with Crippen molar-refractivity contribution >= 4 is 23.2 Å². The molecule has 2 aromatic carbocycles. The zero-order chi connectivity index (χ0) is 14.5. The molecule has 0 aliphatic rings. The summed E-state index contributed by atoms with van der Waals surface area (Å²) >= 11 is 11.5. The van der Waals surface area contributed by atoms with E-state index in [4.69, 9.17) is 33.7 Å². The fourth-order valence-electron chi connectivity index (χ4n) is 1.76. The summed E-state index contributed by atoms with van der Waals surface area (Å²) in [6.45, 7) is 0.358. The van der Waals surface area contributed by atoms with E-state index in [0.717, 1.165) is 5.56 Å². The van der Waals surface area contributed by atoms with Gasteiger partial charge in [0.2, 0.25) is 0 Å². The Morgan fingerprint density at radius 3 is 2.45 bits per heavy atom. The van der Waals surface area contributed by atoms with Crippen LogP contribution in [0.2, 0.25) is 10.0 Å². The normalized spacial score (nSPS) is 12.2. The van der Waals surface area contributed by atoms with Crippen LogP contribution in [0.1, 0.15) is 5.56 Å². The lowest BCUT2D eigenvalue weighted by molar-refractivity contribution is 0.287. The van der Waals surface area contributed by atoms with E-state index >= 15 is 0 Å². The zero-order valence-electron chi connectivity index (χ0n) is 10.7. The Morgan fingerprint density at radius 2 is 1.80 bits per heavy atom. The maximum Gasteiger partial charge on any atom is 0.141 e. The Bertz CT molecular complexity index is 575. The van der Waals surface area contributed by atoms with Crippen molar-refractivity contribution in [2.45, 2.75) is 12.5 Å². The van der Waals surface area contributed by atoms with Gasteiger partial charge in [-0.3, -0.25) is 0 Å². The molecule has 2 aromatic rings. The first-order valence-corrected chi connectivity index (χ1v) is 6.88. The molecule has 2 nitrogen and oxygen atoms in total. The van der Waals surface area contributed by atoms with Crippen molar-refractivity contribution < 1.29 is 9.13 Å². The summed E-state index contributed by atoms with van der Waals surface area (Å²) < 4.78 is 18.6. The summed E-state index contributed by atoms with van der Waals surface area (Å²) in [4.78, 5) is 0. The molecule has 0 fully saturated rings. The molecule has 0 aromatic heterocycles. The van der Waals surface area contributed by atoms with Gasteiger partial charge in [-0.2, -0.15) is 0 Å². The quantitative estimate of drug-likeness (QED) is 0.902. The van der Waals surface area contributed by atoms with Gasteiger partial charge in [0, 0.05) is 11.1 Å². The van der Waals surface area contributed by atoms with Gasteiger partial charge >= 0.3 is 0 Å². The van der Waals surface area contributed by atoms with Crippen LogP contribution in [-0.4, -0.2) is 12.6 Å². The van der Waals surface area contributed by atoms with E-state index in [2.05, 4.69) is 0 Å². The van der Waals surface area contributed by atoms with Crippen LogP contribution in [-0.2, 0) is 6.42 Å². The Hall–Kier alpha value is -1.29. The standard InChI is InChI=1S/C15H14Cl2FNO/c16-11-2-4-13(5-3-11)20-9-12(19)7-10-1-6-15(18)14(17)8-10/h1-6,8,12H,7,9,19H2. The number of hydrogen-bond acceptors (Lipinski definition) is 2. The van der Waals surface area contributed by atoms with Crippen molar-refractivity contribution in [2.24, 2.45) is 5.73 Å². The van der Waals surface area contributed by atoms with Crippen molar-refractivity contribution in [2.75, 3.05) is 6.61 Å². The number of halogens is 3. The van der Waals surface area contributed by atoms with Crippen LogP contribution < -0.4 is 10.5 Å². The topological polar surface area (TPSA) is 35.2 Å². The molecule has 2 N–H and O–H groups in total. The number of hydrogen-bond donors (Lipinski definition) is 1. The van der Waals surface area contributed by atoms with Crippen molar-refractivity contribution in [3.8, 4) is 5.75 Å². The summed E-state index contributed by atoms with van der Waals surface area (Å²) in [7, 11) is 0. The van der Waals surface area contributed by atoms with Crippen LogP contribution >= 0.6 is 23.2 Å². The maximum absolute atomic E-state index is 13.0. The van der Waals surface area contributed by atoms with E-state index < -0.39 is 5.82 Å². The Labute approximate surface area is 127 Å². The van der Waals surface area contributed by atoms with E-state index in [-0.39, 0.29) is 11.1 Å². The fourth-order valence-corrected chi connectivity index (χ4v) is 2.09. The lowest BCUT2D eigenvalue weighted by Gasteiger charge is -2.13. The molecule has 0 aliphatic heterocycles.